The van der Waals surface area contributed by atoms with E-state index >= 15 is 0 Å². The number of hydrogen-bond acceptors (Lipinski definition) is 10. The maximum Gasteiger partial charge on any atom is 0.481 e. The van der Waals surface area contributed by atoms with Gasteiger partial charge in [0.05, 0.1) is 12.9 Å². The van der Waals surface area contributed by atoms with Crippen LogP contribution in [0.5, 0.6) is 0 Å². The van der Waals surface area contributed by atoms with E-state index in [0.717, 1.165) is 0 Å². The molecule has 0 aliphatic carbocycles. The Hall–Kier alpha value is -2.11. The summed E-state index contributed by atoms with van der Waals surface area (Å²) in [7, 11) is -10.5. The number of nitrogens with zero attached hydrogens (tertiary/aromatic N) is 3. The van der Waals surface area contributed by atoms with E-state index in [1.807, 2.05) is 0 Å². The molecule has 4 atom stereocenters. The molecule has 0 bridgehead atoms. The van der Waals surface area contributed by atoms with Gasteiger partial charge in [0.1, 0.15) is 12.3 Å². The summed E-state index contributed by atoms with van der Waals surface area (Å²) in [5.74, 6) is 1.89. The van der Waals surface area contributed by atoms with Crippen LogP contribution in [0, 0.1) is 12.3 Å². The lowest BCUT2D eigenvalue weighted by atomic mass is 9.96. The predicted molar refractivity (Wildman–Crippen MR) is 93.8 cm³/mol. The van der Waals surface area contributed by atoms with E-state index in [1.54, 1.807) is 0 Å². The summed E-state index contributed by atoms with van der Waals surface area (Å²) >= 11 is 0. The van der Waals surface area contributed by atoms with Gasteiger partial charge < -0.3 is 30.3 Å². The van der Waals surface area contributed by atoms with E-state index in [1.165, 1.54) is 10.9 Å². The predicted octanol–water partition coefficient (Wildman–Crippen LogP) is -1.42. The largest absolute Gasteiger partial charge is 0.481 e. The van der Waals surface area contributed by atoms with Crippen LogP contribution in [0.15, 0.2) is 11.1 Å². The Balaban J connectivity index is 1.84. The summed E-state index contributed by atoms with van der Waals surface area (Å²) in [6, 6.07) is 0. The summed E-state index contributed by atoms with van der Waals surface area (Å²) in [5, 5.41) is 10.6. The molecule has 2 aromatic rings. The zero-order valence-electron chi connectivity index (χ0n) is 14.3. The quantitative estimate of drug-likeness (QED) is 0.219. The highest BCUT2D eigenvalue weighted by Gasteiger charge is 2.49. The molecule has 1 aliphatic heterocycles. The van der Waals surface area contributed by atoms with Gasteiger partial charge in [-0.05, 0) is 0 Å². The number of fused-ring (bicyclic) bond motifs is 1. The van der Waals surface area contributed by atoms with Crippen molar-refractivity contribution in [1.82, 2.24) is 19.5 Å². The number of anilines is 1. The monoisotopic (exact) mass is 451 g/mol. The Bertz CT molecular complexity index is 1130. The van der Waals surface area contributed by atoms with E-state index in [0.29, 0.717) is 0 Å². The second-order valence-corrected chi connectivity index (χ2v) is 8.79. The van der Waals surface area contributed by atoms with Crippen molar-refractivity contribution in [3.63, 3.8) is 0 Å². The Morgan fingerprint density at radius 2 is 2.17 bits per heavy atom. The lowest BCUT2D eigenvalue weighted by Gasteiger charge is -2.23. The van der Waals surface area contributed by atoms with Gasteiger partial charge in [-0.2, -0.15) is 9.29 Å². The average molecular weight is 451 g/mol. The Morgan fingerprint density at radius 3 is 2.79 bits per heavy atom. The molecule has 158 valence electrons. The van der Waals surface area contributed by atoms with Crippen LogP contribution in [0.25, 0.3) is 11.2 Å². The Morgan fingerprint density at radius 1 is 1.48 bits per heavy atom. The fourth-order valence-corrected chi connectivity index (χ4v) is 4.30. The van der Waals surface area contributed by atoms with Gasteiger partial charge in [0.2, 0.25) is 5.95 Å². The lowest BCUT2D eigenvalue weighted by molar-refractivity contribution is -0.0592. The van der Waals surface area contributed by atoms with Crippen LogP contribution in [0.2, 0.25) is 0 Å². The number of hydrogen-bond donors (Lipinski definition) is 6. The number of rotatable bonds is 6. The summed E-state index contributed by atoms with van der Waals surface area (Å²) in [6.45, 7) is -0.853. The molecule has 0 saturated carbocycles. The molecular weight excluding hydrogens is 436 g/mol. The summed E-state index contributed by atoms with van der Waals surface area (Å²) in [6.07, 6.45) is 3.85. The maximum absolute atomic E-state index is 11.9. The second kappa shape index (κ2) is 7.29. The molecule has 1 aliphatic rings. The van der Waals surface area contributed by atoms with Crippen molar-refractivity contribution in [3.8, 4) is 12.3 Å². The second-order valence-electron chi connectivity index (χ2n) is 5.96. The van der Waals surface area contributed by atoms with Crippen molar-refractivity contribution in [2.24, 2.45) is 0 Å². The molecule has 2 aromatic heterocycles. The molecule has 1 fully saturated rings. The van der Waals surface area contributed by atoms with Gasteiger partial charge in [-0.3, -0.25) is 18.9 Å². The molecule has 0 radical (unpaired) electrons. The third kappa shape index (κ3) is 4.57. The number of ether oxygens (including phenoxy) is 1. The lowest BCUT2D eigenvalue weighted by Crippen LogP contribution is -2.39. The highest BCUT2D eigenvalue weighted by molar-refractivity contribution is 7.60. The molecule has 3 rings (SSSR count). The zero-order valence-corrected chi connectivity index (χ0v) is 16.1. The third-order valence-electron chi connectivity index (χ3n) is 3.95. The first-order valence-corrected chi connectivity index (χ1v) is 10.7. The summed E-state index contributed by atoms with van der Waals surface area (Å²) in [5.41, 5.74) is 2.89. The number of phosphoric acid groups is 2. The molecule has 29 heavy (non-hydrogen) atoms. The van der Waals surface area contributed by atoms with E-state index in [4.69, 9.17) is 26.7 Å². The number of nitrogen functional groups attached to an aromatic ring is 1. The molecule has 17 heteroatoms. The molecule has 15 nitrogen and oxygen atoms in total. The fraction of sp³-hybridized carbons (Fsp3) is 0.417. The van der Waals surface area contributed by atoms with Crippen LogP contribution in [0.4, 0.5) is 5.95 Å². The van der Waals surface area contributed by atoms with E-state index in [9.17, 15) is 23.9 Å². The van der Waals surface area contributed by atoms with Crippen molar-refractivity contribution in [3.05, 3.63) is 16.7 Å². The fourth-order valence-electron chi connectivity index (χ4n) is 2.71. The molecule has 3 heterocycles. The van der Waals surface area contributed by atoms with Crippen molar-refractivity contribution < 1.29 is 42.5 Å². The number of aliphatic hydroxyl groups is 1. The standard InChI is InChI=1S/C12H15N5O10P2/c1-2-12(19)3-7(17-5-14-8-9(17)15-11(13)16-10(8)18)26-6(12)4-25-29(23,24)27-28(20,21)22/h1,5-7,19H,3-4H2,(H,23,24)(H2,20,21,22)(H3,13,15,16,18)/t6-,7-,12+/m1/s1. The molecule has 1 unspecified atom stereocenters. The SMILES string of the molecule is C#C[C@]1(O)C[C@H](n2cnc3c(=O)[nH]c(N)nc32)O[C@@H]1COP(=O)(O)OP(=O)(O)O. The Labute approximate surface area is 161 Å². The number of nitrogens with two attached hydrogens (primary N) is 1. The molecular formula is C12H15N5O10P2. The minimum absolute atomic E-state index is 0.0369. The van der Waals surface area contributed by atoms with Gasteiger partial charge in [0.15, 0.2) is 16.8 Å². The topological polar surface area (TPSA) is 232 Å². The van der Waals surface area contributed by atoms with Crippen LogP contribution in [0.3, 0.4) is 0 Å². The number of terminal acetylenes is 1. The van der Waals surface area contributed by atoms with Crippen LogP contribution in [0.1, 0.15) is 12.6 Å². The first-order chi connectivity index (χ1) is 13.3. The highest BCUT2D eigenvalue weighted by atomic mass is 31.3. The van der Waals surface area contributed by atoms with Gasteiger partial charge >= 0.3 is 15.6 Å². The third-order valence-corrected chi connectivity index (χ3v) is 6.10. The number of H-pyrrole nitrogens is 1. The highest BCUT2D eigenvalue weighted by Crippen LogP contribution is 2.58. The number of aromatic amines is 1. The number of aromatic nitrogens is 4. The van der Waals surface area contributed by atoms with Gasteiger partial charge in [0, 0.05) is 6.42 Å². The average Bonchev–Trinajstić information content (AvgIpc) is 3.12. The van der Waals surface area contributed by atoms with E-state index < -0.39 is 45.7 Å². The normalized spacial score (nSPS) is 27.0. The maximum atomic E-state index is 11.9. The first kappa shape index (κ1) is 21.6. The molecule has 0 amide bonds. The van der Waals surface area contributed by atoms with Crippen LogP contribution in [-0.2, 0) is 22.7 Å². The molecule has 1 saturated heterocycles. The minimum Gasteiger partial charge on any atom is -0.375 e. The summed E-state index contributed by atoms with van der Waals surface area (Å²) in [4.78, 5) is 48.6. The van der Waals surface area contributed by atoms with Crippen molar-refractivity contribution in [2.75, 3.05) is 12.3 Å². The number of imidazole rings is 1. The van der Waals surface area contributed by atoms with Crippen molar-refractivity contribution in [2.45, 2.75) is 24.4 Å². The molecule has 0 spiro atoms. The zero-order chi connectivity index (χ0) is 21.6. The van der Waals surface area contributed by atoms with Gasteiger partial charge in [-0.25, -0.2) is 14.1 Å². The van der Waals surface area contributed by atoms with E-state index in [2.05, 4.69) is 29.7 Å². The summed E-state index contributed by atoms with van der Waals surface area (Å²) < 4.78 is 37.3. The number of phosphoric ester groups is 1. The van der Waals surface area contributed by atoms with Gasteiger partial charge in [-0.15, -0.1) is 6.42 Å². The minimum atomic E-state index is -5.32. The molecule has 7 N–H and O–H groups in total. The van der Waals surface area contributed by atoms with Crippen LogP contribution >= 0.6 is 15.6 Å². The van der Waals surface area contributed by atoms with Crippen molar-refractivity contribution in [1.29, 1.82) is 0 Å². The van der Waals surface area contributed by atoms with Crippen LogP contribution in [-0.4, -0.2) is 57.6 Å². The molecule has 0 aromatic carbocycles. The number of nitrogens with one attached hydrogen (secondary N) is 1. The first-order valence-electron chi connectivity index (χ1n) is 7.66. The van der Waals surface area contributed by atoms with E-state index in [-0.39, 0.29) is 23.5 Å². The Kier molecular flexibility index (Phi) is 5.43. The van der Waals surface area contributed by atoms with Gasteiger partial charge in [-0.1, -0.05) is 5.92 Å². The smallest absolute Gasteiger partial charge is 0.375 e. The van der Waals surface area contributed by atoms with Crippen LogP contribution < -0.4 is 11.3 Å². The van der Waals surface area contributed by atoms with Crippen molar-refractivity contribution >= 4 is 32.8 Å². The van der Waals surface area contributed by atoms with Gasteiger partial charge in [0.25, 0.3) is 5.56 Å².